The van der Waals surface area contributed by atoms with E-state index in [1.165, 1.54) is 18.2 Å². The third-order valence-corrected chi connectivity index (χ3v) is 5.80. The number of aromatic nitrogens is 2. The van der Waals surface area contributed by atoms with Gasteiger partial charge in [0.2, 0.25) is 0 Å². The molecule has 0 unspecified atom stereocenters. The lowest BCUT2D eigenvalue weighted by Gasteiger charge is -2.13. The quantitative estimate of drug-likeness (QED) is 0.558. The van der Waals surface area contributed by atoms with Crippen molar-refractivity contribution in [3.63, 3.8) is 0 Å². The highest BCUT2D eigenvalue weighted by Gasteiger charge is 2.18. The number of nitrogens with one attached hydrogen (secondary N) is 2. The summed E-state index contributed by atoms with van der Waals surface area (Å²) in [6.45, 7) is 4.70. The molecule has 0 atom stereocenters. The zero-order chi connectivity index (χ0) is 21.9. The van der Waals surface area contributed by atoms with Crippen molar-refractivity contribution < 1.29 is 17.6 Å². The Morgan fingerprint density at radius 2 is 1.87 bits per heavy atom. The molecule has 0 aliphatic carbocycles. The molecular formula is C20H20ClFN4O3S. The molecule has 0 aliphatic rings. The van der Waals surface area contributed by atoms with Crippen molar-refractivity contribution in [2.45, 2.75) is 25.3 Å². The second-order valence-corrected chi connectivity index (χ2v) is 9.09. The van der Waals surface area contributed by atoms with Gasteiger partial charge in [-0.25, -0.2) is 17.5 Å². The Bertz CT molecular complexity index is 1160. The summed E-state index contributed by atoms with van der Waals surface area (Å²) in [5, 5.41) is 7.06. The zero-order valence-corrected chi connectivity index (χ0v) is 17.8. The molecule has 0 spiro atoms. The Labute approximate surface area is 178 Å². The molecule has 1 aromatic heterocycles. The number of anilines is 2. The van der Waals surface area contributed by atoms with E-state index in [0.29, 0.717) is 18.3 Å². The molecule has 1 amide bonds. The van der Waals surface area contributed by atoms with E-state index in [-0.39, 0.29) is 21.2 Å². The summed E-state index contributed by atoms with van der Waals surface area (Å²) in [6, 6.07) is 10.3. The van der Waals surface area contributed by atoms with Gasteiger partial charge in [-0.2, -0.15) is 5.10 Å². The normalized spacial score (nSPS) is 11.5. The molecule has 1 heterocycles. The smallest absolute Gasteiger partial charge is 0.261 e. The lowest BCUT2D eigenvalue weighted by Crippen LogP contribution is -2.18. The molecule has 3 aromatic rings. The molecule has 0 saturated heterocycles. The van der Waals surface area contributed by atoms with Crippen LogP contribution in [0.2, 0.25) is 5.02 Å². The van der Waals surface area contributed by atoms with Crippen LogP contribution in [0.4, 0.5) is 15.9 Å². The number of carbonyl (C=O) groups excluding carboxylic acids is 1. The van der Waals surface area contributed by atoms with Crippen LogP contribution >= 0.6 is 11.6 Å². The van der Waals surface area contributed by atoms with Crippen LogP contribution in [0.25, 0.3) is 0 Å². The topological polar surface area (TPSA) is 93.1 Å². The van der Waals surface area contributed by atoms with Crippen LogP contribution in [-0.2, 0) is 16.6 Å². The molecule has 0 fully saturated rings. The Hall–Kier alpha value is -2.91. The zero-order valence-electron chi connectivity index (χ0n) is 16.3. The molecule has 30 heavy (non-hydrogen) atoms. The Kier molecular flexibility index (Phi) is 6.42. The van der Waals surface area contributed by atoms with E-state index in [4.69, 9.17) is 11.6 Å². The van der Waals surface area contributed by atoms with Gasteiger partial charge >= 0.3 is 0 Å². The van der Waals surface area contributed by atoms with Gasteiger partial charge in [-0.05, 0) is 48.4 Å². The number of hydrogen-bond donors (Lipinski definition) is 2. The Balaban J connectivity index is 1.82. The minimum absolute atomic E-state index is 0.0318. The van der Waals surface area contributed by atoms with Crippen LogP contribution in [0.3, 0.4) is 0 Å². The molecule has 10 heteroatoms. The predicted molar refractivity (Wildman–Crippen MR) is 114 cm³/mol. The summed E-state index contributed by atoms with van der Waals surface area (Å²) in [4.78, 5) is 12.5. The van der Waals surface area contributed by atoms with Gasteiger partial charge in [0.25, 0.3) is 15.9 Å². The van der Waals surface area contributed by atoms with E-state index in [1.54, 1.807) is 16.9 Å². The van der Waals surface area contributed by atoms with Gasteiger partial charge in [-0.15, -0.1) is 0 Å². The maximum atomic E-state index is 13.1. The van der Waals surface area contributed by atoms with Gasteiger partial charge in [0.15, 0.2) is 0 Å². The second-order valence-electron chi connectivity index (χ2n) is 7.00. The number of rotatable bonds is 7. The molecule has 2 aromatic carbocycles. The number of hydrogen-bond acceptors (Lipinski definition) is 4. The number of amides is 1. The van der Waals surface area contributed by atoms with Crippen LogP contribution in [-0.4, -0.2) is 24.1 Å². The van der Waals surface area contributed by atoms with Crippen LogP contribution in [0, 0.1) is 11.7 Å². The first-order valence-corrected chi connectivity index (χ1v) is 10.9. The first-order chi connectivity index (χ1) is 14.2. The van der Waals surface area contributed by atoms with Crippen molar-refractivity contribution in [2.75, 3.05) is 10.0 Å². The summed E-state index contributed by atoms with van der Waals surface area (Å²) in [5.74, 6) is -0.137. The highest BCUT2D eigenvalue weighted by atomic mass is 35.5. The molecule has 0 saturated carbocycles. The standard InChI is InChI=1S/C20H20ClFN4O3S/c1-13(2)12-26-19(9-10-23-26)24-20(27)14-3-8-17(21)18(11-14)25-30(28,29)16-6-4-15(22)5-7-16/h3-11,13,25H,12H2,1-2H3,(H,24,27). The summed E-state index contributed by atoms with van der Waals surface area (Å²) < 4.78 is 42.2. The summed E-state index contributed by atoms with van der Waals surface area (Å²) in [7, 11) is -4.01. The van der Waals surface area contributed by atoms with E-state index in [1.807, 2.05) is 13.8 Å². The molecule has 0 radical (unpaired) electrons. The van der Waals surface area contributed by atoms with Crippen molar-refractivity contribution in [1.82, 2.24) is 9.78 Å². The lowest BCUT2D eigenvalue weighted by atomic mass is 10.2. The number of sulfonamides is 1. The highest BCUT2D eigenvalue weighted by molar-refractivity contribution is 7.92. The van der Waals surface area contributed by atoms with Crippen molar-refractivity contribution in [1.29, 1.82) is 0 Å². The summed E-state index contributed by atoms with van der Waals surface area (Å²) >= 11 is 6.11. The third-order valence-electron chi connectivity index (χ3n) is 4.09. The van der Waals surface area contributed by atoms with Gasteiger partial charge in [0.1, 0.15) is 11.6 Å². The Morgan fingerprint density at radius 3 is 2.53 bits per heavy atom. The van der Waals surface area contributed by atoms with Crippen molar-refractivity contribution >= 4 is 39.0 Å². The molecule has 3 rings (SSSR count). The summed E-state index contributed by atoms with van der Waals surface area (Å²) in [5.41, 5.74) is 0.234. The molecule has 158 valence electrons. The number of nitrogens with zero attached hydrogens (tertiary/aromatic N) is 2. The van der Waals surface area contributed by atoms with Gasteiger partial charge < -0.3 is 5.32 Å². The van der Waals surface area contributed by atoms with Gasteiger partial charge in [0, 0.05) is 18.2 Å². The van der Waals surface area contributed by atoms with E-state index < -0.39 is 21.7 Å². The van der Waals surface area contributed by atoms with Crippen LogP contribution in [0.1, 0.15) is 24.2 Å². The minimum atomic E-state index is -4.01. The van der Waals surface area contributed by atoms with Crippen LogP contribution in [0.15, 0.2) is 59.6 Å². The van der Waals surface area contributed by atoms with Gasteiger partial charge in [-0.3, -0.25) is 9.52 Å². The average molecular weight is 451 g/mol. The first-order valence-electron chi connectivity index (χ1n) is 9.07. The van der Waals surface area contributed by atoms with E-state index in [0.717, 1.165) is 24.3 Å². The first kappa shape index (κ1) is 21.8. The van der Waals surface area contributed by atoms with Crippen molar-refractivity contribution in [2.24, 2.45) is 5.92 Å². The number of benzene rings is 2. The highest BCUT2D eigenvalue weighted by Crippen LogP contribution is 2.26. The average Bonchev–Trinajstić information content (AvgIpc) is 3.09. The fraction of sp³-hybridized carbons (Fsp3) is 0.200. The maximum absolute atomic E-state index is 13.1. The third kappa shape index (κ3) is 5.17. The molecule has 0 aliphatic heterocycles. The number of carbonyl (C=O) groups is 1. The predicted octanol–water partition coefficient (Wildman–Crippen LogP) is 4.38. The second kappa shape index (κ2) is 8.85. The molecule has 2 N–H and O–H groups in total. The van der Waals surface area contributed by atoms with Crippen molar-refractivity contribution in [3.8, 4) is 0 Å². The monoisotopic (exact) mass is 450 g/mol. The van der Waals surface area contributed by atoms with Crippen LogP contribution in [0.5, 0.6) is 0 Å². The summed E-state index contributed by atoms with van der Waals surface area (Å²) in [6.07, 6.45) is 1.59. The van der Waals surface area contributed by atoms with Gasteiger partial charge in [0.05, 0.1) is 21.8 Å². The van der Waals surface area contributed by atoms with Crippen molar-refractivity contribution in [3.05, 3.63) is 71.1 Å². The fourth-order valence-corrected chi connectivity index (χ4v) is 3.97. The Morgan fingerprint density at radius 1 is 1.17 bits per heavy atom. The number of halogens is 2. The minimum Gasteiger partial charge on any atom is -0.307 e. The largest absolute Gasteiger partial charge is 0.307 e. The molecule has 0 bridgehead atoms. The fourth-order valence-electron chi connectivity index (χ4n) is 2.68. The van der Waals surface area contributed by atoms with E-state index in [2.05, 4.69) is 15.1 Å². The maximum Gasteiger partial charge on any atom is 0.261 e. The lowest BCUT2D eigenvalue weighted by molar-refractivity contribution is 0.102. The molecular weight excluding hydrogens is 431 g/mol. The molecule has 7 nitrogen and oxygen atoms in total. The van der Waals surface area contributed by atoms with Crippen LogP contribution < -0.4 is 10.0 Å². The SMILES string of the molecule is CC(C)Cn1nccc1NC(=O)c1ccc(Cl)c(NS(=O)(=O)c2ccc(F)cc2)c1. The van der Waals surface area contributed by atoms with E-state index in [9.17, 15) is 17.6 Å². The van der Waals surface area contributed by atoms with Gasteiger partial charge in [-0.1, -0.05) is 25.4 Å². The van der Waals surface area contributed by atoms with E-state index >= 15 is 0 Å².